The number of hydrogen-bond donors (Lipinski definition) is 1. The molecular weight excluding hydrogens is 450 g/mol. The first-order valence-corrected chi connectivity index (χ1v) is 11.6. The van der Waals surface area contributed by atoms with Crippen molar-refractivity contribution in [2.45, 2.75) is 51.8 Å². The maximum Gasteiger partial charge on any atom is 0.325 e. The molecule has 4 heterocycles. The van der Waals surface area contributed by atoms with Gasteiger partial charge in [0.05, 0.1) is 18.3 Å². The molecule has 11 heteroatoms. The number of benzene rings is 1. The van der Waals surface area contributed by atoms with Crippen molar-refractivity contribution in [2.75, 3.05) is 13.2 Å². The van der Waals surface area contributed by atoms with Gasteiger partial charge in [0, 0.05) is 30.1 Å². The van der Waals surface area contributed by atoms with E-state index in [0.29, 0.717) is 23.4 Å². The highest BCUT2D eigenvalue weighted by Gasteiger charge is 2.49. The summed E-state index contributed by atoms with van der Waals surface area (Å²) >= 11 is 0. The molecule has 0 saturated carbocycles. The number of ketones is 1. The number of aryl methyl sites for hydroxylation is 1. The van der Waals surface area contributed by atoms with Gasteiger partial charge in [0.2, 0.25) is 0 Å². The van der Waals surface area contributed by atoms with E-state index < -0.39 is 17.5 Å². The molecule has 2 atom stereocenters. The van der Waals surface area contributed by atoms with Gasteiger partial charge < -0.3 is 14.6 Å². The summed E-state index contributed by atoms with van der Waals surface area (Å²) in [6.07, 6.45) is 3.62. The SMILES string of the molecule is Cc1cc(C(=O)CN2C(=O)N[C@](C)(c3cccc(-n4cnnn4)c3)C2=O)c(C)n1C[C@H]1CCCO1. The first-order valence-electron chi connectivity index (χ1n) is 11.6. The van der Waals surface area contributed by atoms with Crippen molar-refractivity contribution in [3.63, 3.8) is 0 Å². The van der Waals surface area contributed by atoms with Crippen LogP contribution in [0.5, 0.6) is 0 Å². The lowest BCUT2D eigenvalue weighted by Gasteiger charge is -2.22. The summed E-state index contributed by atoms with van der Waals surface area (Å²) < 4.78 is 9.28. The Morgan fingerprint density at radius 2 is 2.09 bits per heavy atom. The molecule has 11 nitrogen and oxygen atoms in total. The fourth-order valence-electron chi connectivity index (χ4n) is 4.86. The molecule has 2 aliphatic rings. The molecule has 3 amide bonds. The first kappa shape index (κ1) is 22.9. The van der Waals surface area contributed by atoms with Crippen LogP contribution in [0.2, 0.25) is 0 Å². The lowest BCUT2D eigenvalue weighted by Crippen LogP contribution is -2.41. The number of nitrogens with one attached hydrogen (secondary N) is 1. The van der Waals surface area contributed by atoms with Crippen LogP contribution in [0.4, 0.5) is 4.79 Å². The van der Waals surface area contributed by atoms with Gasteiger partial charge in [-0.05, 0) is 67.8 Å². The van der Waals surface area contributed by atoms with Crippen LogP contribution in [-0.4, -0.2) is 66.7 Å². The number of ether oxygens (including phenoxy) is 1. The van der Waals surface area contributed by atoms with Crippen molar-refractivity contribution < 1.29 is 19.1 Å². The van der Waals surface area contributed by atoms with Crippen LogP contribution in [-0.2, 0) is 21.6 Å². The summed E-state index contributed by atoms with van der Waals surface area (Å²) in [4.78, 5) is 40.4. The molecule has 2 aromatic heterocycles. The van der Waals surface area contributed by atoms with Gasteiger partial charge in [-0.3, -0.25) is 14.5 Å². The van der Waals surface area contributed by atoms with Gasteiger partial charge in [0.15, 0.2) is 5.78 Å². The molecule has 0 unspecified atom stereocenters. The Morgan fingerprint density at radius 1 is 1.26 bits per heavy atom. The van der Waals surface area contributed by atoms with E-state index in [-0.39, 0.29) is 18.4 Å². The number of urea groups is 1. The van der Waals surface area contributed by atoms with Gasteiger partial charge in [-0.2, -0.15) is 0 Å². The number of amides is 3. The van der Waals surface area contributed by atoms with E-state index in [1.165, 1.54) is 11.0 Å². The Labute approximate surface area is 202 Å². The summed E-state index contributed by atoms with van der Waals surface area (Å²) in [7, 11) is 0. The summed E-state index contributed by atoms with van der Waals surface area (Å²) in [5.74, 6) is -0.773. The standard InChI is InChI=1S/C24H27N7O4/c1-15-10-20(16(2)29(15)12-19-8-5-9-35-19)21(32)13-30-22(33)24(3,26-23(30)34)17-6-4-7-18(11-17)31-14-25-27-28-31/h4,6-7,10-11,14,19H,5,8-9,12-13H2,1-3H3,(H,26,34)/t19-,24-/m1/s1. The Kier molecular flexibility index (Phi) is 5.72. The number of Topliss-reactive ketones (excluding diaryl/α,β-unsaturated/α-hetero) is 1. The summed E-state index contributed by atoms with van der Waals surface area (Å²) in [6, 6.07) is 8.24. The molecule has 2 aliphatic heterocycles. The molecule has 1 aromatic carbocycles. The normalized spacial score (nSPS) is 22.1. The van der Waals surface area contributed by atoms with Crippen LogP contribution in [0.15, 0.2) is 36.7 Å². The fraction of sp³-hybridized carbons (Fsp3) is 0.417. The van der Waals surface area contributed by atoms with E-state index >= 15 is 0 Å². The number of nitrogens with zero attached hydrogens (tertiary/aromatic N) is 6. The van der Waals surface area contributed by atoms with Gasteiger partial charge in [-0.25, -0.2) is 9.48 Å². The zero-order valence-electron chi connectivity index (χ0n) is 19.9. The van der Waals surface area contributed by atoms with Gasteiger partial charge in [0.1, 0.15) is 11.9 Å². The number of imide groups is 1. The topological polar surface area (TPSA) is 124 Å². The zero-order chi connectivity index (χ0) is 24.7. The number of carbonyl (C=O) groups excluding carboxylic acids is 3. The van der Waals surface area contributed by atoms with Crippen LogP contribution in [0, 0.1) is 13.8 Å². The minimum absolute atomic E-state index is 0.137. The maximum atomic E-state index is 13.4. The van der Waals surface area contributed by atoms with E-state index in [1.807, 2.05) is 19.9 Å². The number of aromatic nitrogens is 5. The number of carbonyl (C=O) groups is 3. The predicted octanol–water partition coefficient (Wildman–Crippen LogP) is 1.91. The molecule has 2 fully saturated rings. The molecule has 5 rings (SSSR count). The second-order valence-corrected chi connectivity index (χ2v) is 9.20. The van der Waals surface area contributed by atoms with E-state index in [0.717, 1.165) is 35.7 Å². The Bertz CT molecular complexity index is 1290. The monoisotopic (exact) mass is 477 g/mol. The summed E-state index contributed by atoms with van der Waals surface area (Å²) in [6.45, 7) is 6.57. The molecular formula is C24H27N7O4. The molecule has 1 N–H and O–H groups in total. The highest BCUT2D eigenvalue weighted by molar-refractivity contribution is 6.11. The van der Waals surface area contributed by atoms with Crippen LogP contribution in [0.3, 0.4) is 0 Å². The number of hydrogen-bond acceptors (Lipinski definition) is 7. The lowest BCUT2D eigenvalue weighted by molar-refractivity contribution is -0.130. The van der Waals surface area contributed by atoms with Crippen molar-refractivity contribution in [1.82, 2.24) is 35.0 Å². The van der Waals surface area contributed by atoms with Gasteiger partial charge in [-0.1, -0.05) is 12.1 Å². The second-order valence-electron chi connectivity index (χ2n) is 9.20. The zero-order valence-corrected chi connectivity index (χ0v) is 19.9. The lowest BCUT2D eigenvalue weighted by atomic mass is 9.91. The van der Waals surface area contributed by atoms with Crippen LogP contribution in [0.1, 0.15) is 47.1 Å². The molecule has 3 aromatic rings. The van der Waals surface area contributed by atoms with Crippen LogP contribution < -0.4 is 5.32 Å². The first-order chi connectivity index (χ1) is 16.8. The fourth-order valence-corrected chi connectivity index (χ4v) is 4.86. The van der Waals surface area contributed by atoms with E-state index in [2.05, 4.69) is 25.4 Å². The maximum absolute atomic E-state index is 13.4. The van der Waals surface area contributed by atoms with E-state index in [1.54, 1.807) is 31.2 Å². The van der Waals surface area contributed by atoms with Crippen molar-refractivity contribution in [3.8, 4) is 5.69 Å². The largest absolute Gasteiger partial charge is 0.376 e. The van der Waals surface area contributed by atoms with E-state index in [4.69, 9.17) is 4.74 Å². The van der Waals surface area contributed by atoms with Crippen molar-refractivity contribution in [1.29, 1.82) is 0 Å². The average molecular weight is 478 g/mol. The Hall–Kier alpha value is -3.86. The number of rotatable bonds is 7. The molecule has 2 saturated heterocycles. The quantitative estimate of drug-likeness (QED) is 0.407. The van der Waals surface area contributed by atoms with Crippen LogP contribution >= 0.6 is 0 Å². The van der Waals surface area contributed by atoms with Crippen LogP contribution in [0.25, 0.3) is 5.69 Å². The molecule has 182 valence electrons. The average Bonchev–Trinajstić information content (AvgIpc) is 3.64. The van der Waals surface area contributed by atoms with Crippen molar-refractivity contribution >= 4 is 17.7 Å². The minimum atomic E-state index is -1.32. The number of tetrazole rings is 1. The molecule has 0 radical (unpaired) electrons. The third-order valence-corrected chi connectivity index (χ3v) is 6.90. The van der Waals surface area contributed by atoms with Gasteiger partial charge in [-0.15, -0.1) is 5.10 Å². The van der Waals surface area contributed by atoms with Gasteiger partial charge >= 0.3 is 6.03 Å². The third kappa shape index (κ3) is 4.01. The summed E-state index contributed by atoms with van der Waals surface area (Å²) in [5.41, 5.74) is 2.15. The minimum Gasteiger partial charge on any atom is -0.376 e. The Balaban J connectivity index is 1.36. The highest BCUT2D eigenvalue weighted by Crippen LogP contribution is 2.30. The molecule has 0 bridgehead atoms. The van der Waals surface area contributed by atoms with Gasteiger partial charge in [0.25, 0.3) is 5.91 Å². The van der Waals surface area contributed by atoms with Crippen molar-refractivity contribution in [3.05, 3.63) is 59.2 Å². The third-order valence-electron chi connectivity index (χ3n) is 6.90. The molecule has 35 heavy (non-hydrogen) atoms. The predicted molar refractivity (Wildman–Crippen MR) is 124 cm³/mol. The van der Waals surface area contributed by atoms with E-state index in [9.17, 15) is 14.4 Å². The molecule has 0 spiro atoms. The van der Waals surface area contributed by atoms with Crippen molar-refractivity contribution in [2.24, 2.45) is 0 Å². The Morgan fingerprint density at radius 3 is 2.80 bits per heavy atom. The molecule has 0 aliphatic carbocycles. The second kappa shape index (κ2) is 8.73. The summed E-state index contributed by atoms with van der Waals surface area (Å²) in [5, 5.41) is 13.9. The highest BCUT2D eigenvalue weighted by atomic mass is 16.5. The smallest absolute Gasteiger partial charge is 0.325 e.